The van der Waals surface area contributed by atoms with Crippen molar-refractivity contribution >= 4 is 41.0 Å². The molecule has 2 aromatic rings. The van der Waals surface area contributed by atoms with E-state index in [1.54, 1.807) is 18.2 Å². The number of azo groups is 2. The summed E-state index contributed by atoms with van der Waals surface area (Å²) in [6, 6.07) is 5.12. The third-order valence-corrected chi connectivity index (χ3v) is 2.11. The number of hydrogen-bond acceptors (Lipinski definition) is 7. The normalized spacial score (nSPS) is 11.4. The maximum atomic E-state index is 6.82. The average molecular weight is 255 g/mol. The molecule has 2 rings (SSSR count). The number of nitrogens with one attached hydrogen (secondary N) is 2. The number of nitrogens with two attached hydrogens (primary N) is 1. The second-order valence-electron chi connectivity index (χ2n) is 3.27. The fourth-order valence-electron chi connectivity index (χ4n) is 1.39. The second kappa shape index (κ2) is 5.49. The molecule has 0 amide bonds. The Morgan fingerprint density at radius 1 is 1.05 bits per heavy atom. The molecule has 1 heterocycles. The number of nitrogen functional groups attached to an aromatic ring is 1. The molecule has 9 heteroatoms. The Balaban J connectivity index is 2.62. The summed E-state index contributed by atoms with van der Waals surface area (Å²) >= 11 is 0. The summed E-state index contributed by atoms with van der Waals surface area (Å²) in [5, 5.41) is 27.9. The van der Waals surface area contributed by atoms with Gasteiger partial charge in [0.2, 0.25) is 5.82 Å². The Labute approximate surface area is 107 Å². The maximum absolute atomic E-state index is 6.82. The van der Waals surface area contributed by atoms with Crippen LogP contribution in [0.4, 0.5) is 17.3 Å². The number of benzene rings is 1. The van der Waals surface area contributed by atoms with Crippen molar-refractivity contribution in [3.63, 3.8) is 0 Å². The van der Waals surface area contributed by atoms with E-state index in [9.17, 15) is 0 Å². The minimum Gasteiger partial charge on any atom is -0.380 e. The highest BCUT2D eigenvalue weighted by Gasteiger charge is 2.08. The van der Waals surface area contributed by atoms with Gasteiger partial charge in [0.15, 0.2) is 5.82 Å². The van der Waals surface area contributed by atoms with Crippen LogP contribution in [0.5, 0.6) is 0 Å². The topological polar surface area (TPSA) is 149 Å². The lowest BCUT2D eigenvalue weighted by molar-refractivity contribution is 1.17. The molecule has 0 spiro atoms. The van der Waals surface area contributed by atoms with Gasteiger partial charge in [0, 0.05) is 0 Å². The number of rotatable bonds is 4. The van der Waals surface area contributed by atoms with Gasteiger partial charge in [0.25, 0.3) is 0 Å². The van der Waals surface area contributed by atoms with Crippen LogP contribution in [0, 0.1) is 10.8 Å². The third-order valence-electron chi connectivity index (χ3n) is 2.11. The van der Waals surface area contributed by atoms with Gasteiger partial charge in [-0.05, 0) is 12.1 Å². The van der Waals surface area contributed by atoms with Crippen LogP contribution in [-0.4, -0.2) is 22.6 Å². The largest absolute Gasteiger partial charge is 0.380 e. The van der Waals surface area contributed by atoms with Crippen molar-refractivity contribution in [3.8, 4) is 0 Å². The summed E-state index contributed by atoms with van der Waals surface area (Å²) in [5.74, 6) is 0.216. The van der Waals surface area contributed by atoms with E-state index in [-0.39, 0.29) is 11.6 Å². The molecule has 0 atom stereocenters. The van der Waals surface area contributed by atoms with E-state index in [0.717, 1.165) is 12.7 Å². The highest BCUT2D eigenvalue weighted by atomic mass is 15.2. The van der Waals surface area contributed by atoms with E-state index in [4.69, 9.17) is 16.6 Å². The Kier molecular flexibility index (Phi) is 3.57. The molecule has 0 radical (unpaired) electrons. The summed E-state index contributed by atoms with van der Waals surface area (Å²) in [6.45, 7) is 0. The van der Waals surface area contributed by atoms with Crippen LogP contribution in [0.2, 0.25) is 0 Å². The van der Waals surface area contributed by atoms with E-state index in [0.29, 0.717) is 16.7 Å². The Morgan fingerprint density at radius 2 is 1.79 bits per heavy atom. The van der Waals surface area contributed by atoms with Crippen LogP contribution in [0.15, 0.2) is 38.7 Å². The summed E-state index contributed by atoms with van der Waals surface area (Å²) in [4.78, 5) is 8.31. The Morgan fingerprint density at radius 3 is 2.53 bits per heavy atom. The number of fused-ring (bicyclic) bond motifs is 1. The van der Waals surface area contributed by atoms with E-state index in [1.807, 2.05) is 0 Å². The molecule has 4 N–H and O–H groups in total. The number of hydrogen-bond donors (Lipinski definition) is 3. The molecule has 1 aromatic carbocycles. The van der Waals surface area contributed by atoms with Gasteiger partial charge in [-0.1, -0.05) is 6.07 Å². The van der Waals surface area contributed by atoms with Gasteiger partial charge in [-0.2, -0.15) is 0 Å². The summed E-state index contributed by atoms with van der Waals surface area (Å²) < 4.78 is 0. The lowest BCUT2D eigenvalue weighted by atomic mass is 10.2. The van der Waals surface area contributed by atoms with Crippen molar-refractivity contribution in [2.75, 3.05) is 5.73 Å². The molecular formula is C10H9N9. The molecule has 0 fully saturated rings. The van der Waals surface area contributed by atoms with Gasteiger partial charge < -0.3 is 5.73 Å². The molecule has 0 aliphatic rings. The molecule has 1 aromatic heterocycles. The lowest BCUT2D eigenvalue weighted by Crippen LogP contribution is -1.94. The standard InChI is InChI=1S/C10H9N9/c11-4-14-18-7-3-1-2-6-8(7)17-9(13)10(16-6)19-15-5-12/h1-5,11-12H,(H2,13,17). The molecule has 9 nitrogen and oxygen atoms in total. The van der Waals surface area contributed by atoms with Crippen molar-refractivity contribution in [2.45, 2.75) is 0 Å². The van der Waals surface area contributed by atoms with Crippen molar-refractivity contribution in [1.82, 2.24) is 9.97 Å². The van der Waals surface area contributed by atoms with Crippen LogP contribution >= 0.6 is 0 Å². The van der Waals surface area contributed by atoms with Gasteiger partial charge in [0.1, 0.15) is 23.9 Å². The molecule has 19 heavy (non-hydrogen) atoms. The van der Waals surface area contributed by atoms with E-state index in [1.165, 1.54) is 0 Å². The highest BCUT2D eigenvalue weighted by Crippen LogP contribution is 2.28. The Hall–Kier alpha value is -3.10. The zero-order chi connectivity index (χ0) is 13.7. The van der Waals surface area contributed by atoms with Crippen LogP contribution in [0.3, 0.4) is 0 Å². The van der Waals surface area contributed by atoms with E-state index >= 15 is 0 Å². The van der Waals surface area contributed by atoms with Crippen molar-refractivity contribution in [1.29, 1.82) is 10.8 Å². The van der Waals surface area contributed by atoms with Crippen LogP contribution in [0.1, 0.15) is 0 Å². The van der Waals surface area contributed by atoms with E-state index < -0.39 is 0 Å². The SMILES string of the molecule is N=CN=Nc1nc2cccc(N=NC=N)c2nc1N. The van der Waals surface area contributed by atoms with Crippen LogP contribution < -0.4 is 5.73 Å². The fraction of sp³-hybridized carbons (Fsp3) is 0. The molecule has 0 saturated heterocycles. The fourth-order valence-corrected chi connectivity index (χ4v) is 1.39. The van der Waals surface area contributed by atoms with Crippen LogP contribution in [-0.2, 0) is 0 Å². The molecule has 0 aliphatic carbocycles. The molecule has 0 unspecified atom stereocenters. The second-order valence-corrected chi connectivity index (χ2v) is 3.27. The van der Waals surface area contributed by atoms with Crippen LogP contribution in [0.25, 0.3) is 11.0 Å². The van der Waals surface area contributed by atoms with Crippen molar-refractivity contribution < 1.29 is 0 Å². The number of anilines is 1. The summed E-state index contributed by atoms with van der Waals surface area (Å²) in [6.07, 6.45) is 1.60. The van der Waals surface area contributed by atoms with E-state index in [2.05, 4.69) is 30.4 Å². The van der Waals surface area contributed by atoms with Crippen molar-refractivity contribution in [3.05, 3.63) is 18.2 Å². The highest BCUT2D eigenvalue weighted by molar-refractivity contribution is 5.88. The predicted octanol–water partition coefficient (Wildman–Crippen LogP) is 2.59. The third kappa shape index (κ3) is 2.60. The molecule has 94 valence electrons. The first-order valence-electron chi connectivity index (χ1n) is 5.12. The number of aromatic nitrogens is 2. The minimum atomic E-state index is 0.0793. The van der Waals surface area contributed by atoms with Gasteiger partial charge in [-0.25, -0.2) is 9.97 Å². The molecule has 0 aliphatic heterocycles. The Bertz CT molecular complexity index is 689. The van der Waals surface area contributed by atoms with Gasteiger partial charge in [0.05, 0.1) is 5.52 Å². The average Bonchev–Trinajstić information content (AvgIpc) is 2.43. The number of para-hydroxylation sites is 1. The first-order valence-corrected chi connectivity index (χ1v) is 5.12. The quantitative estimate of drug-likeness (QED) is 0.437. The van der Waals surface area contributed by atoms with Crippen molar-refractivity contribution in [2.24, 2.45) is 20.5 Å². The summed E-state index contributed by atoms with van der Waals surface area (Å²) in [7, 11) is 0. The lowest BCUT2D eigenvalue weighted by Gasteiger charge is -2.02. The zero-order valence-electron chi connectivity index (χ0n) is 9.65. The molecule has 0 bridgehead atoms. The minimum absolute atomic E-state index is 0.0793. The molecule has 0 saturated carbocycles. The zero-order valence-corrected chi connectivity index (χ0v) is 9.65. The monoisotopic (exact) mass is 255 g/mol. The first-order chi connectivity index (χ1) is 9.26. The summed E-state index contributed by atoms with van der Waals surface area (Å²) in [5.41, 5.74) is 7.14. The van der Waals surface area contributed by atoms with Gasteiger partial charge >= 0.3 is 0 Å². The predicted molar refractivity (Wildman–Crippen MR) is 70.5 cm³/mol. The van der Waals surface area contributed by atoms with Gasteiger partial charge in [-0.15, -0.1) is 20.5 Å². The first kappa shape index (κ1) is 12.4. The smallest absolute Gasteiger partial charge is 0.217 e. The molecular weight excluding hydrogens is 246 g/mol. The van der Waals surface area contributed by atoms with Gasteiger partial charge in [-0.3, -0.25) is 10.8 Å². The number of nitrogens with zero attached hydrogens (tertiary/aromatic N) is 6. The maximum Gasteiger partial charge on any atom is 0.217 e.